The third-order valence-electron chi connectivity index (χ3n) is 6.25. The Morgan fingerprint density at radius 1 is 1.00 bits per heavy atom. The van der Waals surface area contributed by atoms with E-state index in [1.807, 2.05) is 23.3 Å². The smallest absolute Gasteiger partial charge is 0.356 e. The topological polar surface area (TPSA) is 162 Å². The molecule has 0 spiro atoms. The fraction of sp³-hybridized carbons (Fsp3) is 0.167. The zero-order valence-electron chi connectivity index (χ0n) is 20.1. The lowest BCUT2D eigenvalue weighted by Gasteiger charge is -2.29. The van der Waals surface area contributed by atoms with Crippen LogP contribution in [-0.4, -0.2) is 31.9 Å². The number of nitrogens with zero attached hydrogens (tertiary/aromatic N) is 2. The first-order valence-corrected chi connectivity index (χ1v) is 16.3. The Balaban J connectivity index is 1.50. The van der Waals surface area contributed by atoms with E-state index >= 15 is 0 Å². The Hall–Kier alpha value is -2.53. The molecule has 1 aromatic heterocycles. The molecular formula is C24H22N2O8P2S2. The molecule has 0 saturated carbocycles. The predicted molar refractivity (Wildman–Crippen MR) is 144 cm³/mol. The molecule has 0 radical (unpaired) electrons. The third kappa shape index (κ3) is 4.61. The SMILES string of the molecule is CCN1C(=CC2=C([O-])C(=Cc3sc4cc(P(=O)(O)O)ccc4[n+]3CC)C2=O)Sc2cc(P(=O)(O)O)ccc21. The Kier molecular flexibility index (Phi) is 6.82. The molecule has 5 rings (SSSR count). The van der Waals surface area contributed by atoms with E-state index < -0.39 is 26.7 Å². The van der Waals surface area contributed by atoms with Crippen LogP contribution >= 0.6 is 38.3 Å². The van der Waals surface area contributed by atoms with Crippen molar-refractivity contribution in [3.8, 4) is 0 Å². The molecule has 3 aromatic rings. The summed E-state index contributed by atoms with van der Waals surface area (Å²) in [7, 11) is -8.85. The van der Waals surface area contributed by atoms with Gasteiger partial charge in [-0.1, -0.05) is 28.9 Å². The third-order valence-corrected chi connectivity index (χ3v) is 10.3. The normalized spacial score (nSPS) is 18.2. The van der Waals surface area contributed by atoms with Crippen LogP contribution in [0, 0.1) is 0 Å². The van der Waals surface area contributed by atoms with Gasteiger partial charge in [-0.15, -0.1) is 0 Å². The number of hydrogen-bond donors (Lipinski definition) is 4. The van der Waals surface area contributed by atoms with Gasteiger partial charge in [0.2, 0.25) is 5.52 Å². The average molecular weight is 593 g/mol. The second-order valence-electron chi connectivity index (χ2n) is 8.54. The minimum absolute atomic E-state index is 0.0214. The zero-order chi connectivity index (χ0) is 27.6. The standard InChI is InChI=1S/C24H22N2O8P2S2/c1-3-25-17-7-5-13(35(29,30)31)9-19(17)37-21(25)11-15-23(27)16(24(15)28)12-22-26(4-2)18-8-6-14(36(32,33)34)10-20(18)38-22/h5-12H,3-4H2,1-2H3,(H4-,27,28,29,30,31,32,33,34). The highest BCUT2D eigenvalue weighted by Gasteiger charge is 2.32. The minimum Gasteiger partial charge on any atom is -0.871 e. The van der Waals surface area contributed by atoms with Crippen molar-refractivity contribution in [2.45, 2.75) is 25.3 Å². The Bertz CT molecular complexity index is 1710. The summed E-state index contributed by atoms with van der Waals surface area (Å²) in [4.78, 5) is 53.5. The number of allylic oxidation sites excluding steroid dienone is 3. The fourth-order valence-electron chi connectivity index (χ4n) is 4.36. The Morgan fingerprint density at radius 2 is 1.66 bits per heavy atom. The number of fused-ring (bicyclic) bond motifs is 2. The second kappa shape index (κ2) is 9.59. The largest absolute Gasteiger partial charge is 0.871 e. The van der Waals surface area contributed by atoms with Crippen LogP contribution in [0.25, 0.3) is 16.3 Å². The molecule has 2 aliphatic rings. The molecule has 1 aliphatic heterocycles. The van der Waals surface area contributed by atoms with E-state index in [2.05, 4.69) is 0 Å². The van der Waals surface area contributed by atoms with E-state index in [1.165, 1.54) is 59.5 Å². The van der Waals surface area contributed by atoms with E-state index in [-0.39, 0.29) is 21.8 Å². The van der Waals surface area contributed by atoms with Crippen molar-refractivity contribution in [3.63, 3.8) is 0 Å². The van der Waals surface area contributed by atoms with Gasteiger partial charge in [0.05, 0.1) is 21.3 Å². The number of carbonyl (C=O) groups is 1. The first-order chi connectivity index (χ1) is 17.8. The van der Waals surface area contributed by atoms with Crippen molar-refractivity contribution in [2.24, 2.45) is 0 Å². The molecule has 2 heterocycles. The van der Waals surface area contributed by atoms with Crippen LogP contribution in [0.3, 0.4) is 0 Å². The number of benzene rings is 2. The van der Waals surface area contributed by atoms with Gasteiger partial charge in [-0.3, -0.25) is 13.9 Å². The number of hydrogen-bond acceptors (Lipinski definition) is 7. The van der Waals surface area contributed by atoms with Crippen LogP contribution in [0.15, 0.2) is 69.3 Å². The molecule has 198 valence electrons. The molecule has 2 aromatic carbocycles. The summed E-state index contributed by atoms with van der Waals surface area (Å²) in [6.07, 6.45) is 3.02. The van der Waals surface area contributed by atoms with Crippen LogP contribution in [0.1, 0.15) is 18.9 Å². The fourth-order valence-corrected chi connectivity index (χ4v) is 8.08. The zero-order valence-corrected chi connectivity index (χ0v) is 23.5. The monoisotopic (exact) mass is 592 g/mol. The number of thiazole rings is 1. The van der Waals surface area contributed by atoms with Gasteiger partial charge in [0.25, 0.3) is 5.01 Å². The molecule has 10 nitrogen and oxygen atoms in total. The van der Waals surface area contributed by atoms with Gasteiger partial charge in [-0.2, -0.15) is 4.57 Å². The van der Waals surface area contributed by atoms with Crippen LogP contribution in [0.4, 0.5) is 5.69 Å². The Labute approximate surface area is 225 Å². The van der Waals surface area contributed by atoms with Crippen molar-refractivity contribution in [3.05, 3.63) is 69.4 Å². The summed E-state index contributed by atoms with van der Waals surface area (Å²) < 4.78 is 25.8. The minimum atomic E-state index is -4.42. The predicted octanol–water partition coefficient (Wildman–Crippen LogP) is 1.87. The van der Waals surface area contributed by atoms with E-state index in [0.29, 0.717) is 32.7 Å². The first kappa shape index (κ1) is 27.1. The number of ketones is 1. The van der Waals surface area contributed by atoms with Crippen molar-refractivity contribution in [2.75, 3.05) is 11.4 Å². The Morgan fingerprint density at radius 3 is 2.26 bits per heavy atom. The molecule has 14 heteroatoms. The number of aromatic nitrogens is 1. The van der Waals surface area contributed by atoms with E-state index in [0.717, 1.165) is 11.2 Å². The molecule has 0 unspecified atom stereocenters. The van der Waals surface area contributed by atoms with Crippen molar-refractivity contribution in [1.29, 1.82) is 0 Å². The summed E-state index contributed by atoms with van der Waals surface area (Å²) in [6, 6.07) is 8.82. The van der Waals surface area contributed by atoms with Crippen molar-refractivity contribution < 1.29 is 43.2 Å². The lowest BCUT2D eigenvalue weighted by molar-refractivity contribution is -0.665. The summed E-state index contributed by atoms with van der Waals surface area (Å²) in [5, 5.41) is 14.0. The number of carbonyl (C=O) groups excluding carboxylic acids is 1. The molecule has 1 aliphatic carbocycles. The van der Waals surface area contributed by atoms with E-state index in [9.17, 15) is 38.6 Å². The maximum absolute atomic E-state index is 13.0. The maximum Gasteiger partial charge on any atom is 0.356 e. The van der Waals surface area contributed by atoms with Crippen molar-refractivity contribution in [1.82, 2.24) is 0 Å². The second-order valence-corrected chi connectivity index (χ2v) is 13.9. The lowest BCUT2D eigenvalue weighted by Crippen LogP contribution is -2.35. The van der Waals surface area contributed by atoms with Gasteiger partial charge >= 0.3 is 15.2 Å². The number of anilines is 1. The number of thioether (sulfide) groups is 1. The highest BCUT2D eigenvalue weighted by molar-refractivity contribution is 8.03. The van der Waals surface area contributed by atoms with Crippen LogP contribution in [0.2, 0.25) is 0 Å². The van der Waals surface area contributed by atoms with E-state index in [4.69, 9.17) is 0 Å². The molecule has 0 atom stereocenters. The number of Topliss-reactive ketones (excluding diaryl/α,β-unsaturated/α-hetero) is 1. The number of aryl methyl sites for hydroxylation is 1. The van der Waals surface area contributed by atoms with Gasteiger partial charge in [0.15, 0.2) is 5.78 Å². The number of rotatable bonds is 6. The lowest BCUT2D eigenvalue weighted by atomic mass is 9.88. The quantitative estimate of drug-likeness (QED) is 0.189. The summed E-state index contributed by atoms with van der Waals surface area (Å²) in [5.41, 5.74) is 1.52. The molecule has 0 saturated heterocycles. The van der Waals surface area contributed by atoms with E-state index in [1.54, 1.807) is 12.1 Å². The van der Waals surface area contributed by atoms with Crippen LogP contribution < -0.4 is 25.2 Å². The van der Waals surface area contributed by atoms with Crippen LogP contribution in [-0.2, 0) is 20.5 Å². The van der Waals surface area contributed by atoms with Gasteiger partial charge < -0.3 is 29.6 Å². The molecule has 4 N–H and O–H groups in total. The average Bonchev–Trinajstić information content (AvgIpc) is 3.40. The van der Waals surface area contributed by atoms with Gasteiger partial charge in [-0.05, 0) is 50.3 Å². The maximum atomic E-state index is 13.0. The van der Waals surface area contributed by atoms with Gasteiger partial charge in [0.1, 0.15) is 11.2 Å². The molecular weight excluding hydrogens is 570 g/mol. The molecule has 0 bridgehead atoms. The van der Waals surface area contributed by atoms with Gasteiger partial charge in [-0.25, -0.2) is 0 Å². The molecule has 0 amide bonds. The first-order valence-electron chi connectivity index (χ1n) is 11.4. The van der Waals surface area contributed by atoms with Crippen LogP contribution in [0.5, 0.6) is 0 Å². The highest BCUT2D eigenvalue weighted by Crippen LogP contribution is 2.48. The van der Waals surface area contributed by atoms with Gasteiger partial charge in [0, 0.05) is 34.7 Å². The highest BCUT2D eigenvalue weighted by atomic mass is 32.2. The molecule has 0 fully saturated rings. The summed E-state index contributed by atoms with van der Waals surface area (Å²) in [6.45, 7) is 4.83. The molecule has 38 heavy (non-hydrogen) atoms. The summed E-state index contributed by atoms with van der Waals surface area (Å²) >= 11 is 2.46. The van der Waals surface area contributed by atoms with Crippen molar-refractivity contribution >= 4 is 76.7 Å². The summed E-state index contributed by atoms with van der Waals surface area (Å²) in [5.74, 6) is -0.830.